The quantitative estimate of drug-likeness (QED) is 0.420. The molecule has 140 valence electrons. The van der Waals surface area contributed by atoms with Crippen molar-refractivity contribution in [1.82, 2.24) is 18.7 Å². The number of hydrogen-bond acceptors (Lipinski definition) is 9. The Morgan fingerprint density at radius 2 is 2.11 bits per heavy atom. The molecule has 0 saturated heterocycles. The van der Waals surface area contributed by atoms with E-state index in [0.717, 1.165) is 23.2 Å². The van der Waals surface area contributed by atoms with E-state index in [1.807, 2.05) is 0 Å². The topological polar surface area (TPSA) is 110 Å². The van der Waals surface area contributed by atoms with Crippen LogP contribution in [0, 0.1) is 0 Å². The maximum absolute atomic E-state index is 12.0. The molecule has 0 spiro atoms. The third kappa shape index (κ3) is 5.52. The molecule has 0 radical (unpaired) electrons. The molecule has 0 aliphatic heterocycles. The first-order valence-corrected chi connectivity index (χ1v) is 10.0. The lowest BCUT2D eigenvalue weighted by molar-refractivity contribution is 0.0731. The number of anilines is 1. The van der Waals surface area contributed by atoms with Crippen molar-refractivity contribution in [3.05, 3.63) is 63.3 Å². The molecule has 8 nitrogen and oxygen atoms in total. The number of esters is 1. The first kappa shape index (κ1) is 19.3. The normalized spacial score (nSPS) is 10.6. The van der Waals surface area contributed by atoms with Crippen molar-refractivity contribution in [2.24, 2.45) is 0 Å². The minimum atomic E-state index is -0.616. The maximum atomic E-state index is 12.0. The number of rotatable bonds is 8. The zero-order chi connectivity index (χ0) is 19.1. The summed E-state index contributed by atoms with van der Waals surface area (Å²) < 4.78 is 13.1. The molecular weight excluding hydrogens is 410 g/mol. The average Bonchev–Trinajstić information content (AvgIpc) is 3.09. The highest BCUT2D eigenvalue weighted by molar-refractivity contribution is 7.98. The highest BCUT2D eigenvalue weighted by atomic mass is 35.5. The summed E-state index contributed by atoms with van der Waals surface area (Å²) in [6.45, 7) is 0.575. The van der Waals surface area contributed by atoms with E-state index in [0.29, 0.717) is 29.0 Å². The van der Waals surface area contributed by atoms with Gasteiger partial charge in [0, 0.05) is 18.1 Å². The standard InChI is InChI=1S/C16H14ClN5O3S2/c17-13-11(21-27-22-13)9-26-7-6-18-16-19-8-12(14(23)20-16)25-15(24)10-4-2-1-3-5-10/h1-5,8H,6-7,9H2,(H2,18,19,20,23). The number of hydrogen-bond donors (Lipinski definition) is 2. The molecule has 2 N–H and O–H groups in total. The van der Waals surface area contributed by atoms with E-state index < -0.39 is 11.5 Å². The van der Waals surface area contributed by atoms with Crippen LogP contribution in [0.5, 0.6) is 5.75 Å². The Kier molecular flexibility index (Phi) is 6.80. The summed E-state index contributed by atoms with van der Waals surface area (Å²) in [5.74, 6) is 0.940. The summed E-state index contributed by atoms with van der Waals surface area (Å²) in [5, 5.41) is 3.44. The summed E-state index contributed by atoms with van der Waals surface area (Å²) >= 11 is 8.59. The number of carbonyl (C=O) groups is 1. The lowest BCUT2D eigenvalue weighted by Gasteiger charge is -2.06. The molecule has 0 aliphatic rings. The Bertz CT molecular complexity index is 964. The van der Waals surface area contributed by atoms with Crippen LogP contribution in [0.1, 0.15) is 16.1 Å². The average molecular weight is 424 g/mol. The SMILES string of the molecule is O=C(Oc1cnc(NCCSCc2nsnc2Cl)[nH]c1=O)c1ccccc1. The number of benzene rings is 1. The molecule has 0 atom stereocenters. The molecule has 11 heteroatoms. The molecule has 0 unspecified atom stereocenters. The summed E-state index contributed by atoms with van der Waals surface area (Å²) in [5.41, 5.74) is 0.582. The number of aromatic amines is 1. The van der Waals surface area contributed by atoms with Gasteiger partial charge in [-0.15, -0.1) is 0 Å². The first-order chi connectivity index (χ1) is 13.1. The van der Waals surface area contributed by atoms with Crippen molar-refractivity contribution >= 4 is 47.0 Å². The Balaban J connectivity index is 1.47. The smallest absolute Gasteiger partial charge is 0.343 e. The summed E-state index contributed by atoms with van der Waals surface area (Å²) in [6, 6.07) is 8.41. The molecule has 0 fully saturated rings. The molecule has 1 aromatic carbocycles. The van der Waals surface area contributed by atoms with Crippen LogP contribution in [-0.4, -0.2) is 37.0 Å². The van der Waals surface area contributed by atoms with Crippen LogP contribution >= 0.6 is 35.1 Å². The van der Waals surface area contributed by atoms with Gasteiger partial charge in [0.2, 0.25) is 11.7 Å². The van der Waals surface area contributed by atoms with E-state index in [9.17, 15) is 9.59 Å². The van der Waals surface area contributed by atoms with E-state index in [2.05, 4.69) is 24.0 Å². The number of aromatic nitrogens is 4. The molecule has 0 amide bonds. The van der Waals surface area contributed by atoms with Crippen LogP contribution < -0.4 is 15.6 Å². The van der Waals surface area contributed by atoms with E-state index in [1.165, 1.54) is 6.20 Å². The predicted molar refractivity (Wildman–Crippen MR) is 106 cm³/mol. The molecule has 0 aliphatic carbocycles. The lowest BCUT2D eigenvalue weighted by atomic mass is 10.2. The summed E-state index contributed by atoms with van der Waals surface area (Å²) in [6.07, 6.45) is 1.22. The Hall–Kier alpha value is -2.43. The number of ether oxygens (including phenoxy) is 1. The lowest BCUT2D eigenvalue weighted by Crippen LogP contribution is -2.19. The van der Waals surface area contributed by atoms with Gasteiger partial charge in [0.1, 0.15) is 5.69 Å². The number of nitrogens with zero attached hydrogens (tertiary/aromatic N) is 3. The van der Waals surface area contributed by atoms with Gasteiger partial charge < -0.3 is 10.1 Å². The highest BCUT2D eigenvalue weighted by Gasteiger charge is 2.11. The van der Waals surface area contributed by atoms with Gasteiger partial charge in [-0.05, 0) is 12.1 Å². The number of carbonyl (C=O) groups excluding carboxylic acids is 1. The number of nitrogens with one attached hydrogen (secondary N) is 2. The van der Waals surface area contributed by atoms with Gasteiger partial charge in [0.05, 0.1) is 23.5 Å². The van der Waals surface area contributed by atoms with Crippen LogP contribution in [0.25, 0.3) is 0 Å². The molecule has 0 bridgehead atoms. The second kappa shape index (κ2) is 9.49. The van der Waals surface area contributed by atoms with Crippen molar-refractivity contribution in [2.75, 3.05) is 17.6 Å². The molecule has 3 aromatic rings. The largest absolute Gasteiger partial charge is 0.415 e. The van der Waals surface area contributed by atoms with E-state index >= 15 is 0 Å². The minimum absolute atomic E-state index is 0.158. The second-order valence-electron chi connectivity index (χ2n) is 5.16. The highest BCUT2D eigenvalue weighted by Crippen LogP contribution is 2.18. The zero-order valence-corrected chi connectivity index (χ0v) is 16.2. The predicted octanol–water partition coefficient (Wildman–Crippen LogP) is 2.84. The minimum Gasteiger partial charge on any atom is -0.415 e. The molecule has 27 heavy (non-hydrogen) atoms. The molecule has 0 saturated carbocycles. The fourth-order valence-corrected chi connectivity index (χ4v) is 3.64. The second-order valence-corrected chi connectivity index (χ2v) is 7.15. The van der Waals surface area contributed by atoms with Crippen LogP contribution in [-0.2, 0) is 5.75 Å². The Morgan fingerprint density at radius 1 is 1.30 bits per heavy atom. The van der Waals surface area contributed by atoms with Gasteiger partial charge in [-0.1, -0.05) is 29.8 Å². The van der Waals surface area contributed by atoms with Crippen molar-refractivity contribution in [1.29, 1.82) is 0 Å². The zero-order valence-electron chi connectivity index (χ0n) is 13.8. The van der Waals surface area contributed by atoms with E-state index in [-0.39, 0.29) is 5.75 Å². The van der Waals surface area contributed by atoms with E-state index in [4.69, 9.17) is 16.3 Å². The maximum Gasteiger partial charge on any atom is 0.343 e. The molecule has 2 aromatic heterocycles. The number of H-pyrrole nitrogens is 1. The van der Waals surface area contributed by atoms with E-state index in [1.54, 1.807) is 42.1 Å². The third-order valence-corrected chi connectivity index (χ3v) is 5.21. The molecule has 3 rings (SSSR count). The summed E-state index contributed by atoms with van der Waals surface area (Å²) in [7, 11) is 0. The van der Waals surface area contributed by atoms with Crippen molar-refractivity contribution in [3.8, 4) is 5.75 Å². The number of thioether (sulfide) groups is 1. The monoisotopic (exact) mass is 423 g/mol. The van der Waals surface area contributed by atoms with Crippen LogP contribution in [0.2, 0.25) is 5.15 Å². The molecular formula is C16H14ClN5O3S2. The first-order valence-electron chi connectivity index (χ1n) is 7.78. The molecule has 2 heterocycles. The van der Waals surface area contributed by atoms with Crippen LogP contribution in [0.15, 0.2) is 41.3 Å². The van der Waals surface area contributed by atoms with Gasteiger partial charge in [-0.3, -0.25) is 9.78 Å². The van der Waals surface area contributed by atoms with Gasteiger partial charge in [-0.2, -0.15) is 20.5 Å². The Morgan fingerprint density at radius 3 is 2.81 bits per heavy atom. The van der Waals surface area contributed by atoms with Crippen molar-refractivity contribution in [3.63, 3.8) is 0 Å². The van der Waals surface area contributed by atoms with Crippen molar-refractivity contribution in [2.45, 2.75) is 5.75 Å². The van der Waals surface area contributed by atoms with Crippen LogP contribution in [0.3, 0.4) is 0 Å². The Labute approximate surface area is 167 Å². The number of halogens is 1. The summed E-state index contributed by atoms with van der Waals surface area (Å²) in [4.78, 5) is 30.6. The van der Waals surface area contributed by atoms with Gasteiger partial charge >= 0.3 is 5.97 Å². The van der Waals surface area contributed by atoms with Crippen LogP contribution in [0.4, 0.5) is 5.95 Å². The van der Waals surface area contributed by atoms with Gasteiger partial charge in [0.15, 0.2) is 5.15 Å². The third-order valence-electron chi connectivity index (χ3n) is 3.27. The van der Waals surface area contributed by atoms with Crippen molar-refractivity contribution < 1.29 is 9.53 Å². The fourth-order valence-electron chi connectivity index (χ4n) is 1.97. The van der Waals surface area contributed by atoms with Gasteiger partial charge in [0.25, 0.3) is 5.56 Å². The van der Waals surface area contributed by atoms with Gasteiger partial charge in [-0.25, -0.2) is 9.78 Å². The fraction of sp³-hybridized carbons (Fsp3) is 0.188.